The molecule has 1 aliphatic rings. The summed E-state index contributed by atoms with van der Waals surface area (Å²) in [6, 6.07) is 3.39. The Kier molecular flexibility index (Phi) is 8.72. The minimum absolute atomic E-state index is 0.0183. The van der Waals surface area contributed by atoms with E-state index in [9.17, 15) is 40.3 Å². The molecule has 1 fully saturated rings. The van der Waals surface area contributed by atoms with Gasteiger partial charge in [-0.05, 0) is 36.4 Å². The third-order valence-corrected chi connectivity index (χ3v) is 5.51. The van der Waals surface area contributed by atoms with Gasteiger partial charge in [-0.2, -0.15) is 26.3 Å². The maximum atomic E-state index is 14.0. The van der Waals surface area contributed by atoms with E-state index in [4.69, 9.17) is 14.6 Å². The summed E-state index contributed by atoms with van der Waals surface area (Å²) in [7, 11) is 1.10. The van der Waals surface area contributed by atoms with Gasteiger partial charge in [0.15, 0.2) is 5.75 Å². The van der Waals surface area contributed by atoms with Gasteiger partial charge in [0, 0.05) is 32.4 Å². The van der Waals surface area contributed by atoms with E-state index in [0.717, 1.165) is 41.1 Å². The van der Waals surface area contributed by atoms with Crippen LogP contribution < -0.4 is 14.5 Å². The largest absolute Gasteiger partial charge is 0.420 e. The van der Waals surface area contributed by atoms with Crippen molar-refractivity contribution in [3.05, 3.63) is 53.3 Å². The number of hydrogen-bond donors (Lipinski definition) is 1. The zero-order chi connectivity index (χ0) is 28.3. The molecule has 0 saturated carbocycles. The number of carbonyl (C=O) groups is 2. The molecule has 2 aromatic rings. The lowest BCUT2D eigenvalue weighted by molar-refractivity contribution is -0.143. The topological polar surface area (TPSA) is 82.6 Å². The fraction of sp³-hybridized carbons (Fsp3) is 0.391. The lowest BCUT2D eigenvalue weighted by Crippen LogP contribution is -2.35. The van der Waals surface area contributed by atoms with Gasteiger partial charge in [0.1, 0.15) is 11.4 Å². The van der Waals surface area contributed by atoms with Crippen LogP contribution in [0.15, 0.2) is 36.4 Å². The SMILES string of the molecule is CN(C(=O)Oc1c(N2CCN(CCOCCO)C2=O)cc(C(F)(F)F)cc1C(F)(F)F)c1ccc(F)cc1. The fourth-order valence-corrected chi connectivity index (χ4v) is 3.58. The fourth-order valence-electron chi connectivity index (χ4n) is 3.58. The van der Waals surface area contributed by atoms with E-state index in [2.05, 4.69) is 0 Å². The maximum absolute atomic E-state index is 14.0. The van der Waals surface area contributed by atoms with Crippen LogP contribution in [0.2, 0.25) is 0 Å². The van der Waals surface area contributed by atoms with Crippen LogP contribution in [-0.2, 0) is 17.1 Å². The van der Waals surface area contributed by atoms with Crippen LogP contribution in [0.1, 0.15) is 11.1 Å². The molecule has 0 spiro atoms. The zero-order valence-corrected chi connectivity index (χ0v) is 19.8. The van der Waals surface area contributed by atoms with Crippen molar-refractivity contribution in [2.45, 2.75) is 12.4 Å². The number of urea groups is 1. The van der Waals surface area contributed by atoms with Crippen LogP contribution in [0.25, 0.3) is 0 Å². The monoisotopic (exact) mass is 553 g/mol. The second-order valence-electron chi connectivity index (χ2n) is 8.03. The number of carbonyl (C=O) groups excluding carboxylic acids is 2. The Morgan fingerprint density at radius 1 is 1.03 bits per heavy atom. The molecule has 0 aliphatic carbocycles. The highest BCUT2D eigenvalue weighted by Crippen LogP contribution is 2.47. The third-order valence-electron chi connectivity index (χ3n) is 5.51. The summed E-state index contributed by atoms with van der Waals surface area (Å²) < 4.78 is 106. The number of halogens is 7. The van der Waals surface area contributed by atoms with E-state index < -0.39 is 52.9 Å². The third kappa shape index (κ3) is 6.64. The first-order valence-corrected chi connectivity index (χ1v) is 11.0. The molecule has 38 heavy (non-hydrogen) atoms. The van der Waals surface area contributed by atoms with Crippen molar-refractivity contribution in [1.29, 1.82) is 0 Å². The minimum Gasteiger partial charge on any atom is -0.407 e. The molecule has 0 bridgehead atoms. The van der Waals surface area contributed by atoms with Crippen LogP contribution in [0, 0.1) is 5.82 Å². The summed E-state index contributed by atoms with van der Waals surface area (Å²) in [6.07, 6.45) is -12.0. The normalized spacial score (nSPS) is 14.3. The number of aliphatic hydroxyl groups is 1. The van der Waals surface area contributed by atoms with E-state index in [1.54, 1.807) is 0 Å². The number of rotatable bonds is 8. The molecule has 8 nitrogen and oxygen atoms in total. The predicted octanol–water partition coefficient (Wildman–Crippen LogP) is 4.75. The van der Waals surface area contributed by atoms with Crippen molar-refractivity contribution in [3.8, 4) is 5.75 Å². The molecule has 3 amide bonds. The average Bonchev–Trinajstić information content (AvgIpc) is 3.20. The summed E-state index contributed by atoms with van der Waals surface area (Å²) in [5, 5.41) is 8.75. The highest BCUT2D eigenvalue weighted by atomic mass is 19.4. The standard InChI is InChI=1S/C23H22F7N3O5/c1-31(16-4-2-15(24)3-5-16)21(36)38-19-17(23(28,29)30)12-14(22(25,26)27)13-18(19)33-7-6-32(20(33)35)8-10-37-11-9-34/h2-5,12-13,34H,6-11H2,1H3. The number of hydrogen-bond acceptors (Lipinski definition) is 5. The molecule has 0 unspecified atom stereocenters. The number of nitrogens with zero attached hydrogens (tertiary/aromatic N) is 3. The lowest BCUT2D eigenvalue weighted by Gasteiger charge is -2.26. The van der Waals surface area contributed by atoms with E-state index >= 15 is 0 Å². The van der Waals surface area contributed by atoms with Crippen LogP contribution in [-0.4, -0.2) is 68.6 Å². The summed E-state index contributed by atoms with van der Waals surface area (Å²) in [4.78, 5) is 28.2. The van der Waals surface area contributed by atoms with Crippen LogP contribution in [0.5, 0.6) is 5.75 Å². The zero-order valence-electron chi connectivity index (χ0n) is 19.8. The summed E-state index contributed by atoms with van der Waals surface area (Å²) >= 11 is 0. The molecule has 0 aromatic heterocycles. The van der Waals surface area contributed by atoms with Crippen LogP contribution in [0.4, 0.5) is 51.7 Å². The van der Waals surface area contributed by atoms with Gasteiger partial charge >= 0.3 is 24.5 Å². The first kappa shape index (κ1) is 29.0. The second kappa shape index (κ2) is 11.4. The Balaban J connectivity index is 2.04. The molecule has 1 saturated heterocycles. The van der Waals surface area contributed by atoms with E-state index in [1.165, 1.54) is 0 Å². The number of amides is 3. The smallest absolute Gasteiger partial charge is 0.407 e. The lowest BCUT2D eigenvalue weighted by atomic mass is 10.1. The van der Waals surface area contributed by atoms with E-state index in [1.807, 2.05) is 0 Å². The molecular formula is C23H22F7N3O5. The van der Waals surface area contributed by atoms with Gasteiger partial charge in [-0.15, -0.1) is 0 Å². The van der Waals surface area contributed by atoms with Crippen molar-refractivity contribution in [3.63, 3.8) is 0 Å². The summed E-state index contributed by atoms with van der Waals surface area (Å²) in [6.45, 7) is -0.789. The van der Waals surface area contributed by atoms with Crippen LogP contribution in [0.3, 0.4) is 0 Å². The van der Waals surface area contributed by atoms with Gasteiger partial charge in [-0.25, -0.2) is 14.0 Å². The molecule has 1 heterocycles. The Morgan fingerprint density at radius 3 is 2.26 bits per heavy atom. The molecular weight excluding hydrogens is 531 g/mol. The molecule has 3 rings (SSSR count). The average molecular weight is 553 g/mol. The summed E-state index contributed by atoms with van der Waals surface area (Å²) in [5.41, 5.74) is -4.51. The van der Waals surface area contributed by atoms with Crippen molar-refractivity contribution < 1.29 is 54.9 Å². The predicted molar refractivity (Wildman–Crippen MR) is 119 cm³/mol. The van der Waals surface area contributed by atoms with Gasteiger partial charge in [0.05, 0.1) is 31.1 Å². The molecule has 0 radical (unpaired) electrons. The number of anilines is 2. The van der Waals surface area contributed by atoms with E-state index in [0.29, 0.717) is 11.0 Å². The van der Waals surface area contributed by atoms with Crippen molar-refractivity contribution >= 4 is 23.5 Å². The van der Waals surface area contributed by atoms with Gasteiger partial charge in [-0.1, -0.05) is 0 Å². The van der Waals surface area contributed by atoms with Gasteiger partial charge in [0.2, 0.25) is 0 Å². The first-order valence-electron chi connectivity index (χ1n) is 11.0. The molecule has 0 atom stereocenters. The Hall–Kier alpha value is -3.59. The number of aliphatic hydroxyl groups excluding tert-OH is 1. The Labute approximate surface area is 211 Å². The molecule has 208 valence electrons. The highest BCUT2D eigenvalue weighted by Gasteiger charge is 2.44. The quantitative estimate of drug-likeness (QED) is 0.377. The molecule has 1 N–H and O–H groups in total. The number of ether oxygens (including phenoxy) is 2. The molecule has 2 aromatic carbocycles. The Morgan fingerprint density at radius 2 is 1.68 bits per heavy atom. The first-order chi connectivity index (χ1) is 17.7. The maximum Gasteiger partial charge on any atom is 0.420 e. The second-order valence-corrected chi connectivity index (χ2v) is 8.03. The van der Waals surface area contributed by atoms with Gasteiger partial charge in [-0.3, -0.25) is 9.80 Å². The van der Waals surface area contributed by atoms with Crippen molar-refractivity contribution in [2.24, 2.45) is 0 Å². The van der Waals surface area contributed by atoms with Gasteiger partial charge in [0.25, 0.3) is 0 Å². The van der Waals surface area contributed by atoms with Crippen LogP contribution >= 0.6 is 0 Å². The molecule has 15 heteroatoms. The van der Waals surface area contributed by atoms with Crippen molar-refractivity contribution in [1.82, 2.24) is 4.90 Å². The Bertz CT molecular complexity index is 1160. The molecule has 1 aliphatic heterocycles. The van der Waals surface area contributed by atoms with Gasteiger partial charge < -0.3 is 19.5 Å². The van der Waals surface area contributed by atoms with Crippen molar-refractivity contribution in [2.75, 3.05) is 56.3 Å². The summed E-state index contributed by atoms with van der Waals surface area (Å²) in [5.74, 6) is -1.95. The number of alkyl halides is 6. The highest BCUT2D eigenvalue weighted by molar-refractivity contribution is 5.97. The van der Waals surface area contributed by atoms with E-state index in [-0.39, 0.29) is 51.2 Å². The number of benzene rings is 2. The minimum atomic E-state index is -5.40.